The summed E-state index contributed by atoms with van der Waals surface area (Å²) in [6.07, 6.45) is 4.82. The smallest absolute Gasteiger partial charge is 0.0479 e. The summed E-state index contributed by atoms with van der Waals surface area (Å²) in [6.45, 7) is 0. The Morgan fingerprint density at radius 3 is 1.50 bits per heavy atom. The van der Waals surface area contributed by atoms with Crippen LogP contribution in [0.15, 0.2) is 0 Å². The summed E-state index contributed by atoms with van der Waals surface area (Å²) >= 11 is 0. The zero-order chi connectivity index (χ0) is 5.40. The molecule has 3 saturated heterocycles. The lowest BCUT2D eigenvalue weighted by Gasteiger charge is -2.34. The van der Waals surface area contributed by atoms with Crippen molar-refractivity contribution >= 4 is 8.80 Å². The summed E-state index contributed by atoms with van der Waals surface area (Å²) in [4.78, 5) is 0. The molecule has 0 aromatic rings. The van der Waals surface area contributed by atoms with E-state index < -0.39 is 0 Å². The molecule has 0 spiro atoms. The Kier molecular flexibility index (Phi) is 1.18. The molecule has 3 heterocycles. The second-order valence-electron chi connectivity index (χ2n) is 3.23. The highest BCUT2D eigenvalue weighted by Crippen LogP contribution is 2.37. The van der Waals surface area contributed by atoms with Crippen LogP contribution in [0.25, 0.3) is 0 Å². The highest BCUT2D eigenvalue weighted by molar-refractivity contribution is 6.59. The van der Waals surface area contributed by atoms with Crippen LogP contribution < -0.4 is 0 Å². The minimum Gasteiger partial charge on any atom is -0.0587 e. The highest BCUT2D eigenvalue weighted by Gasteiger charge is 2.27. The first-order valence-electron chi connectivity index (χ1n) is 3.79. The maximum absolute atomic E-state index is 1.66. The van der Waals surface area contributed by atoms with E-state index in [0.29, 0.717) is 0 Å². The van der Waals surface area contributed by atoms with Crippen LogP contribution >= 0.6 is 0 Å². The molecule has 3 fully saturated rings. The second-order valence-corrected chi connectivity index (χ2v) is 6.23. The van der Waals surface area contributed by atoms with Crippen molar-refractivity contribution in [2.45, 2.75) is 37.4 Å². The van der Waals surface area contributed by atoms with Gasteiger partial charge in [0, 0.05) is 8.80 Å². The van der Waals surface area contributed by atoms with Gasteiger partial charge < -0.3 is 0 Å². The maximum Gasteiger partial charge on any atom is 0.0479 e. The quantitative estimate of drug-likeness (QED) is 0.436. The maximum atomic E-state index is 1.66. The average molecular weight is 125 g/mol. The van der Waals surface area contributed by atoms with Gasteiger partial charge in [-0.05, 0) is 5.92 Å². The van der Waals surface area contributed by atoms with Crippen molar-refractivity contribution in [3.05, 3.63) is 0 Å². The molecular formula is C7H13Si. The summed E-state index contributed by atoms with van der Waals surface area (Å²) in [5.41, 5.74) is 0. The molecule has 0 aliphatic carbocycles. The minimum absolute atomic E-state index is 0.279. The van der Waals surface area contributed by atoms with Crippen molar-refractivity contribution in [3.8, 4) is 0 Å². The number of rotatable bonds is 0. The lowest BCUT2D eigenvalue weighted by atomic mass is 9.99. The van der Waals surface area contributed by atoms with Crippen LogP contribution in [0.1, 0.15) is 19.3 Å². The van der Waals surface area contributed by atoms with Gasteiger partial charge in [0.1, 0.15) is 0 Å². The van der Waals surface area contributed by atoms with E-state index in [9.17, 15) is 0 Å². The van der Waals surface area contributed by atoms with Gasteiger partial charge in [0.25, 0.3) is 0 Å². The molecule has 0 unspecified atom stereocenters. The van der Waals surface area contributed by atoms with Crippen molar-refractivity contribution in [3.63, 3.8) is 0 Å². The van der Waals surface area contributed by atoms with E-state index in [2.05, 4.69) is 0 Å². The summed E-state index contributed by atoms with van der Waals surface area (Å²) in [7, 11) is 0.279. The average Bonchev–Trinajstić information content (AvgIpc) is 1.92. The van der Waals surface area contributed by atoms with Crippen LogP contribution in [0.5, 0.6) is 0 Å². The molecule has 3 rings (SSSR count). The zero-order valence-electron chi connectivity index (χ0n) is 5.32. The minimum atomic E-state index is 0.279. The molecule has 3 aliphatic heterocycles. The van der Waals surface area contributed by atoms with Crippen LogP contribution in [0, 0.1) is 5.92 Å². The molecule has 45 valence electrons. The van der Waals surface area contributed by atoms with Crippen LogP contribution in [0.4, 0.5) is 0 Å². The molecule has 0 N–H and O–H groups in total. The third-order valence-electron chi connectivity index (χ3n) is 2.72. The first-order chi connectivity index (χ1) is 3.95. The summed E-state index contributed by atoms with van der Waals surface area (Å²) < 4.78 is 0. The van der Waals surface area contributed by atoms with Crippen molar-refractivity contribution < 1.29 is 0 Å². The standard InChI is InChI=1S/C7H13Si/c1-4-8-5-2-7(1)3-6-8/h7H,1-6H2. The Bertz CT molecular complexity index is 59.4. The van der Waals surface area contributed by atoms with E-state index in [-0.39, 0.29) is 8.80 Å². The fraction of sp³-hybridized carbons (Fsp3) is 1.00. The summed E-state index contributed by atoms with van der Waals surface area (Å²) in [6, 6.07) is 4.99. The van der Waals surface area contributed by atoms with E-state index in [4.69, 9.17) is 0 Å². The molecule has 1 radical (unpaired) electrons. The van der Waals surface area contributed by atoms with Gasteiger partial charge in [-0.25, -0.2) is 0 Å². The van der Waals surface area contributed by atoms with Gasteiger partial charge >= 0.3 is 0 Å². The molecular weight excluding hydrogens is 112 g/mol. The van der Waals surface area contributed by atoms with Crippen molar-refractivity contribution in [2.24, 2.45) is 5.92 Å². The van der Waals surface area contributed by atoms with E-state index >= 15 is 0 Å². The molecule has 0 nitrogen and oxygen atoms in total. The fourth-order valence-corrected chi connectivity index (χ4v) is 5.23. The summed E-state index contributed by atoms with van der Waals surface area (Å²) in [5.74, 6) is 1.18. The Balaban J connectivity index is 2.03. The molecule has 0 atom stereocenters. The molecule has 8 heavy (non-hydrogen) atoms. The largest absolute Gasteiger partial charge is 0.0587 e. The number of hydrogen-bond acceptors (Lipinski definition) is 0. The first-order valence-corrected chi connectivity index (χ1v) is 5.91. The Morgan fingerprint density at radius 1 is 0.875 bits per heavy atom. The van der Waals surface area contributed by atoms with E-state index in [1.54, 1.807) is 37.4 Å². The van der Waals surface area contributed by atoms with E-state index in [1.807, 2.05) is 0 Å². The predicted molar refractivity (Wildman–Crippen MR) is 37.5 cm³/mol. The van der Waals surface area contributed by atoms with Gasteiger partial charge in [-0.2, -0.15) is 0 Å². The second kappa shape index (κ2) is 1.87. The topological polar surface area (TPSA) is 0 Å². The Labute approximate surface area is 52.9 Å². The third-order valence-corrected chi connectivity index (χ3v) is 5.71. The van der Waals surface area contributed by atoms with E-state index in [0.717, 1.165) is 0 Å². The monoisotopic (exact) mass is 125 g/mol. The predicted octanol–water partition coefficient (Wildman–Crippen LogP) is 2.29. The molecule has 0 aromatic heterocycles. The number of hydrogen-bond donors (Lipinski definition) is 0. The molecule has 1 heteroatoms. The van der Waals surface area contributed by atoms with Gasteiger partial charge in [-0.3, -0.25) is 0 Å². The lowest BCUT2D eigenvalue weighted by Crippen LogP contribution is -2.27. The zero-order valence-corrected chi connectivity index (χ0v) is 6.32. The van der Waals surface area contributed by atoms with Crippen LogP contribution in [0.3, 0.4) is 0 Å². The normalized spacial score (nSPS) is 31.5. The SMILES string of the molecule is C1C[Si]2CCC1CC2. The van der Waals surface area contributed by atoms with Crippen molar-refractivity contribution in [2.75, 3.05) is 0 Å². The first kappa shape index (κ1) is 5.04. The fourth-order valence-electron chi connectivity index (χ4n) is 2.03. The van der Waals surface area contributed by atoms with Crippen molar-refractivity contribution in [1.29, 1.82) is 0 Å². The third kappa shape index (κ3) is 0.731. The van der Waals surface area contributed by atoms with Gasteiger partial charge in [0.2, 0.25) is 0 Å². The van der Waals surface area contributed by atoms with Crippen LogP contribution in [-0.4, -0.2) is 8.80 Å². The molecule has 0 saturated carbocycles. The van der Waals surface area contributed by atoms with Gasteiger partial charge in [-0.15, -0.1) is 0 Å². The molecule has 2 bridgehead atoms. The van der Waals surface area contributed by atoms with Crippen LogP contribution in [0.2, 0.25) is 18.1 Å². The highest BCUT2D eigenvalue weighted by atomic mass is 28.3. The molecule has 0 amide bonds. The summed E-state index contributed by atoms with van der Waals surface area (Å²) in [5, 5.41) is 0. The van der Waals surface area contributed by atoms with Crippen LogP contribution in [-0.2, 0) is 0 Å². The lowest BCUT2D eigenvalue weighted by molar-refractivity contribution is 0.425. The molecule has 3 aliphatic rings. The molecule has 0 aromatic carbocycles. The number of fused-ring (bicyclic) bond motifs is 3. The van der Waals surface area contributed by atoms with E-state index in [1.165, 1.54) is 5.92 Å². The van der Waals surface area contributed by atoms with Gasteiger partial charge in [-0.1, -0.05) is 37.4 Å². The Hall–Kier alpha value is 0.217. The van der Waals surface area contributed by atoms with Gasteiger partial charge in [0.15, 0.2) is 0 Å². The van der Waals surface area contributed by atoms with Crippen molar-refractivity contribution in [1.82, 2.24) is 0 Å². The Morgan fingerprint density at radius 2 is 1.38 bits per heavy atom. The van der Waals surface area contributed by atoms with Gasteiger partial charge in [0.05, 0.1) is 0 Å².